The molecule has 0 radical (unpaired) electrons. The Hall–Kier alpha value is -3.32. The van der Waals surface area contributed by atoms with E-state index in [0.29, 0.717) is 27.2 Å². The van der Waals surface area contributed by atoms with Crippen molar-refractivity contribution < 1.29 is 14.6 Å². The third-order valence-corrected chi connectivity index (χ3v) is 5.70. The number of imidazole rings is 1. The van der Waals surface area contributed by atoms with Gasteiger partial charge in [-0.1, -0.05) is 53.5 Å². The van der Waals surface area contributed by atoms with Gasteiger partial charge in [-0.25, -0.2) is 4.98 Å². The molecule has 0 unspecified atom stereocenters. The summed E-state index contributed by atoms with van der Waals surface area (Å²) in [6.07, 6.45) is 1.64. The number of methoxy groups -OCH3 is 1. The molecule has 1 atom stereocenters. The number of carbonyl (C=O) groups excluding carboxylic acids is 1. The van der Waals surface area contributed by atoms with Gasteiger partial charge in [0, 0.05) is 22.5 Å². The highest BCUT2D eigenvalue weighted by molar-refractivity contribution is 6.36. The largest absolute Gasteiger partial charge is 0.497 e. The highest BCUT2D eigenvalue weighted by Crippen LogP contribution is 2.32. The van der Waals surface area contributed by atoms with E-state index in [1.165, 1.54) is 0 Å². The van der Waals surface area contributed by atoms with Crippen molar-refractivity contribution in [1.29, 1.82) is 0 Å². The fourth-order valence-electron chi connectivity index (χ4n) is 3.44. The molecule has 0 aliphatic rings. The molecule has 1 heterocycles. The number of rotatable bonds is 7. The summed E-state index contributed by atoms with van der Waals surface area (Å²) in [5, 5.41) is 13.6. The first kappa shape index (κ1) is 22.9. The summed E-state index contributed by atoms with van der Waals surface area (Å²) in [6, 6.07) is 21.2. The van der Waals surface area contributed by atoms with Crippen LogP contribution in [0.25, 0.3) is 17.1 Å². The van der Waals surface area contributed by atoms with Crippen molar-refractivity contribution in [2.45, 2.75) is 6.04 Å². The van der Waals surface area contributed by atoms with E-state index in [4.69, 9.17) is 27.9 Å². The van der Waals surface area contributed by atoms with Crippen LogP contribution in [0.5, 0.6) is 5.75 Å². The number of halogens is 2. The molecule has 4 rings (SSSR count). The molecule has 1 amide bonds. The van der Waals surface area contributed by atoms with E-state index in [9.17, 15) is 9.90 Å². The zero-order valence-electron chi connectivity index (χ0n) is 17.7. The number of amides is 1. The predicted molar refractivity (Wildman–Crippen MR) is 129 cm³/mol. The van der Waals surface area contributed by atoms with Gasteiger partial charge in [0.2, 0.25) is 0 Å². The van der Waals surface area contributed by atoms with Crippen LogP contribution in [0.2, 0.25) is 10.0 Å². The Balaban J connectivity index is 1.74. The van der Waals surface area contributed by atoms with E-state index in [0.717, 1.165) is 11.3 Å². The van der Waals surface area contributed by atoms with Crippen molar-refractivity contribution >= 4 is 29.1 Å². The summed E-state index contributed by atoms with van der Waals surface area (Å²) in [4.78, 5) is 17.7. The van der Waals surface area contributed by atoms with Gasteiger partial charge in [-0.05, 0) is 48.0 Å². The van der Waals surface area contributed by atoms with Crippen molar-refractivity contribution in [3.8, 4) is 22.8 Å². The van der Waals surface area contributed by atoms with Crippen molar-refractivity contribution in [2.75, 3.05) is 13.7 Å². The van der Waals surface area contributed by atoms with Gasteiger partial charge < -0.3 is 15.2 Å². The second-order valence-electron chi connectivity index (χ2n) is 7.26. The topological polar surface area (TPSA) is 76.4 Å². The van der Waals surface area contributed by atoms with E-state index >= 15 is 0 Å². The first-order valence-corrected chi connectivity index (χ1v) is 10.9. The van der Waals surface area contributed by atoms with Crippen molar-refractivity contribution in [1.82, 2.24) is 14.9 Å². The molecule has 0 fully saturated rings. The molecule has 0 bridgehead atoms. The lowest BCUT2D eigenvalue weighted by molar-refractivity contribution is 0.0911. The van der Waals surface area contributed by atoms with Gasteiger partial charge in [-0.15, -0.1) is 0 Å². The lowest BCUT2D eigenvalue weighted by Crippen LogP contribution is -2.31. The molecular formula is C25H21Cl2N3O3. The highest BCUT2D eigenvalue weighted by Gasteiger charge is 2.21. The zero-order chi connectivity index (χ0) is 23.4. The summed E-state index contributed by atoms with van der Waals surface area (Å²) < 4.78 is 7.02. The number of hydrogen-bond acceptors (Lipinski definition) is 4. The minimum absolute atomic E-state index is 0.182. The number of nitrogens with zero attached hydrogens (tertiary/aromatic N) is 2. The number of nitrogens with one attached hydrogen (secondary N) is 1. The highest BCUT2D eigenvalue weighted by atomic mass is 35.5. The minimum Gasteiger partial charge on any atom is -0.497 e. The fraction of sp³-hybridized carbons (Fsp3) is 0.120. The van der Waals surface area contributed by atoms with Crippen LogP contribution in [0.4, 0.5) is 0 Å². The number of hydrogen-bond donors (Lipinski definition) is 2. The molecule has 1 aromatic heterocycles. The predicted octanol–water partition coefficient (Wildman–Crippen LogP) is 5.32. The quantitative estimate of drug-likeness (QED) is 0.374. The maximum Gasteiger partial charge on any atom is 0.272 e. The average Bonchev–Trinajstić information content (AvgIpc) is 3.28. The molecule has 33 heavy (non-hydrogen) atoms. The molecule has 2 N–H and O–H groups in total. The maximum atomic E-state index is 13.1. The second-order valence-corrected chi connectivity index (χ2v) is 8.10. The molecule has 0 spiro atoms. The summed E-state index contributed by atoms with van der Waals surface area (Å²) in [6.45, 7) is -0.245. The SMILES string of the molecule is COc1ccc(-n2cc(C(=O)N[C@H](CO)c3ccccc3)nc2-c2ccc(Cl)cc2Cl)cc1. The molecule has 8 heteroatoms. The summed E-state index contributed by atoms with van der Waals surface area (Å²) in [5.74, 6) is 0.764. The van der Waals surface area contributed by atoms with Crippen molar-refractivity contribution in [2.24, 2.45) is 0 Å². The number of aromatic nitrogens is 2. The molecule has 168 valence electrons. The Morgan fingerprint density at radius 2 is 1.82 bits per heavy atom. The van der Waals surface area contributed by atoms with E-state index in [1.54, 1.807) is 36.1 Å². The molecule has 0 aliphatic carbocycles. The van der Waals surface area contributed by atoms with Gasteiger partial charge in [-0.2, -0.15) is 0 Å². The van der Waals surface area contributed by atoms with Gasteiger partial charge in [0.05, 0.1) is 24.8 Å². The zero-order valence-corrected chi connectivity index (χ0v) is 19.2. The molecule has 0 saturated carbocycles. The van der Waals surface area contributed by atoms with Gasteiger partial charge in [0.15, 0.2) is 0 Å². The summed E-state index contributed by atoms with van der Waals surface area (Å²) in [5.41, 5.74) is 2.37. The molecule has 4 aromatic rings. The number of aliphatic hydroxyl groups is 1. The van der Waals surface area contributed by atoms with Crippen LogP contribution in [-0.4, -0.2) is 34.3 Å². The Morgan fingerprint density at radius 3 is 2.45 bits per heavy atom. The Bertz CT molecular complexity index is 1260. The Labute approximate surface area is 201 Å². The third kappa shape index (κ3) is 5.03. The molecule has 3 aromatic carbocycles. The number of carbonyl (C=O) groups is 1. The Kier molecular flexibility index (Phi) is 6.99. The molecular weight excluding hydrogens is 461 g/mol. The first-order valence-electron chi connectivity index (χ1n) is 10.2. The lowest BCUT2D eigenvalue weighted by Gasteiger charge is -2.15. The van der Waals surface area contributed by atoms with Crippen molar-refractivity contribution in [3.05, 3.63) is 100 Å². The normalized spacial score (nSPS) is 11.8. The summed E-state index contributed by atoms with van der Waals surface area (Å²) in [7, 11) is 1.60. The Morgan fingerprint density at radius 1 is 1.09 bits per heavy atom. The van der Waals surface area contributed by atoms with Crippen LogP contribution in [0, 0.1) is 0 Å². The van der Waals surface area contributed by atoms with Gasteiger partial charge in [0.1, 0.15) is 17.3 Å². The van der Waals surface area contributed by atoms with E-state index in [-0.39, 0.29) is 12.3 Å². The monoisotopic (exact) mass is 481 g/mol. The molecule has 0 saturated heterocycles. The van der Waals surface area contributed by atoms with Gasteiger partial charge >= 0.3 is 0 Å². The van der Waals surface area contributed by atoms with Crippen LogP contribution in [0.3, 0.4) is 0 Å². The van der Waals surface area contributed by atoms with Gasteiger partial charge in [0.25, 0.3) is 5.91 Å². The standard InChI is InChI=1S/C25H21Cl2N3O3/c1-33-19-10-8-18(9-11-19)30-14-22(28-24(30)20-12-7-17(26)13-21(20)27)25(32)29-23(15-31)16-5-3-2-4-6-16/h2-14,23,31H,15H2,1H3,(H,29,32)/t23-/m1/s1. The maximum absolute atomic E-state index is 13.1. The number of ether oxygens (including phenoxy) is 1. The molecule has 6 nitrogen and oxygen atoms in total. The first-order chi connectivity index (χ1) is 16.0. The van der Waals surface area contributed by atoms with Crippen LogP contribution < -0.4 is 10.1 Å². The van der Waals surface area contributed by atoms with Crippen LogP contribution in [0.15, 0.2) is 79.0 Å². The van der Waals surface area contributed by atoms with Crippen LogP contribution in [0.1, 0.15) is 22.1 Å². The lowest BCUT2D eigenvalue weighted by atomic mass is 10.1. The van der Waals surface area contributed by atoms with Crippen LogP contribution in [-0.2, 0) is 0 Å². The van der Waals surface area contributed by atoms with E-state index in [2.05, 4.69) is 10.3 Å². The molecule has 0 aliphatic heterocycles. The minimum atomic E-state index is -0.563. The van der Waals surface area contributed by atoms with E-state index in [1.807, 2.05) is 54.6 Å². The number of benzene rings is 3. The summed E-state index contributed by atoms with van der Waals surface area (Å²) >= 11 is 12.5. The van der Waals surface area contributed by atoms with E-state index < -0.39 is 11.9 Å². The van der Waals surface area contributed by atoms with Gasteiger partial charge in [-0.3, -0.25) is 9.36 Å². The van der Waals surface area contributed by atoms with Crippen LogP contribution >= 0.6 is 23.2 Å². The third-order valence-electron chi connectivity index (χ3n) is 5.15. The average molecular weight is 482 g/mol. The smallest absolute Gasteiger partial charge is 0.272 e. The van der Waals surface area contributed by atoms with Crippen molar-refractivity contribution in [3.63, 3.8) is 0 Å². The second kappa shape index (κ2) is 10.1. The number of aliphatic hydroxyl groups excluding tert-OH is 1. The fourth-order valence-corrected chi connectivity index (χ4v) is 3.94.